The molecule has 0 bridgehead atoms. The van der Waals surface area contributed by atoms with Crippen molar-refractivity contribution in [1.29, 1.82) is 0 Å². The summed E-state index contributed by atoms with van der Waals surface area (Å²) in [7, 11) is 1.63. The van der Waals surface area contributed by atoms with Crippen LogP contribution in [-0.2, 0) is 7.05 Å². The summed E-state index contributed by atoms with van der Waals surface area (Å²) in [6.07, 6.45) is 0. The minimum Gasteiger partial charge on any atom is -0.454 e. The Morgan fingerprint density at radius 1 is 1.25 bits per heavy atom. The molecule has 0 aliphatic carbocycles. The predicted octanol–water partition coefficient (Wildman–Crippen LogP) is 2.25. The summed E-state index contributed by atoms with van der Waals surface area (Å²) in [5.41, 5.74) is 0.414. The first kappa shape index (κ1) is 17.7. The van der Waals surface area contributed by atoms with E-state index in [-0.39, 0.29) is 18.0 Å². The Kier molecular flexibility index (Phi) is 4.53. The molecule has 1 amide bonds. The van der Waals surface area contributed by atoms with Crippen LogP contribution in [0.1, 0.15) is 10.4 Å². The van der Waals surface area contributed by atoms with Crippen LogP contribution in [0.2, 0.25) is 0 Å². The Bertz CT molecular complexity index is 1090. The van der Waals surface area contributed by atoms with E-state index in [0.717, 1.165) is 11.8 Å². The van der Waals surface area contributed by atoms with Gasteiger partial charge in [0.1, 0.15) is 0 Å². The number of nitrogens with one attached hydrogen (secondary N) is 1. The zero-order valence-corrected chi connectivity index (χ0v) is 15.2. The zero-order chi connectivity index (χ0) is 19.7. The molecule has 2 heterocycles. The average Bonchev–Trinajstić information content (AvgIpc) is 3.30. The lowest BCUT2D eigenvalue weighted by Gasteiger charge is -2.08. The first-order chi connectivity index (χ1) is 13.5. The smallest absolute Gasteiger partial charge is 0.284 e. The van der Waals surface area contributed by atoms with E-state index in [2.05, 4.69) is 20.8 Å². The molecule has 142 valence electrons. The number of tetrazole rings is 1. The highest BCUT2D eigenvalue weighted by molar-refractivity contribution is 7.99. The Hall–Kier alpha value is -3.67. The molecule has 11 nitrogen and oxygen atoms in total. The van der Waals surface area contributed by atoms with Crippen LogP contribution in [0.15, 0.2) is 46.5 Å². The number of aryl methyl sites for hydroxylation is 1. The second-order valence-electron chi connectivity index (χ2n) is 5.65. The van der Waals surface area contributed by atoms with Crippen molar-refractivity contribution in [3.8, 4) is 11.5 Å². The molecule has 1 aromatic heterocycles. The maximum absolute atomic E-state index is 12.5. The van der Waals surface area contributed by atoms with Crippen LogP contribution in [0.3, 0.4) is 0 Å². The van der Waals surface area contributed by atoms with Crippen molar-refractivity contribution in [3.05, 3.63) is 52.1 Å². The van der Waals surface area contributed by atoms with Crippen molar-refractivity contribution in [3.63, 3.8) is 0 Å². The molecule has 1 N–H and O–H groups in total. The number of anilines is 1. The fourth-order valence-electron chi connectivity index (χ4n) is 2.47. The molecule has 1 aliphatic heterocycles. The van der Waals surface area contributed by atoms with Crippen molar-refractivity contribution >= 4 is 29.0 Å². The van der Waals surface area contributed by atoms with Gasteiger partial charge in [0.05, 0.1) is 9.82 Å². The highest BCUT2D eigenvalue weighted by atomic mass is 32.2. The van der Waals surface area contributed by atoms with Crippen molar-refractivity contribution in [2.45, 2.75) is 10.1 Å². The summed E-state index contributed by atoms with van der Waals surface area (Å²) in [4.78, 5) is 23.8. The van der Waals surface area contributed by atoms with Gasteiger partial charge in [0.15, 0.2) is 11.5 Å². The van der Waals surface area contributed by atoms with Crippen LogP contribution >= 0.6 is 11.8 Å². The van der Waals surface area contributed by atoms with Crippen molar-refractivity contribution < 1.29 is 19.2 Å². The Morgan fingerprint density at radius 2 is 2.07 bits per heavy atom. The summed E-state index contributed by atoms with van der Waals surface area (Å²) in [6, 6.07) is 9.17. The number of carbonyl (C=O) groups excluding carboxylic acids is 1. The summed E-state index contributed by atoms with van der Waals surface area (Å²) in [6.45, 7) is 0.124. The normalized spacial score (nSPS) is 12.0. The highest BCUT2D eigenvalue weighted by Crippen LogP contribution is 2.35. The fourth-order valence-corrected chi connectivity index (χ4v) is 3.29. The number of amides is 1. The fraction of sp³-hybridized carbons (Fsp3) is 0.125. The first-order valence-electron chi connectivity index (χ1n) is 7.91. The summed E-state index contributed by atoms with van der Waals surface area (Å²) >= 11 is 1.04. The standard InChI is InChI=1S/C16H12N6O5S/c1-21-16(18-19-20-21)28-14-5-2-9(6-11(14)22(24)25)15(23)17-10-3-4-12-13(7-10)27-8-26-12/h2-7H,8H2,1H3,(H,17,23). The monoisotopic (exact) mass is 400 g/mol. The van der Waals surface area contributed by atoms with Gasteiger partial charge in [-0.15, -0.1) is 5.10 Å². The van der Waals surface area contributed by atoms with Gasteiger partial charge in [-0.2, -0.15) is 0 Å². The second kappa shape index (κ2) is 7.15. The number of nitro benzene ring substituents is 1. The highest BCUT2D eigenvalue weighted by Gasteiger charge is 2.21. The number of hydrogen-bond donors (Lipinski definition) is 1. The molecule has 0 radical (unpaired) electrons. The van der Waals surface area contributed by atoms with Gasteiger partial charge >= 0.3 is 0 Å². The molecule has 12 heteroatoms. The van der Waals surface area contributed by atoms with Gasteiger partial charge < -0.3 is 14.8 Å². The topological polar surface area (TPSA) is 134 Å². The van der Waals surface area contributed by atoms with E-state index in [0.29, 0.717) is 27.2 Å². The molecule has 0 fully saturated rings. The lowest BCUT2D eigenvalue weighted by molar-refractivity contribution is -0.387. The molecule has 0 atom stereocenters. The van der Waals surface area contributed by atoms with E-state index >= 15 is 0 Å². The first-order valence-corrected chi connectivity index (χ1v) is 8.72. The molecule has 28 heavy (non-hydrogen) atoms. The minimum atomic E-state index is -0.552. The zero-order valence-electron chi connectivity index (χ0n) is 14.4. The van der Waals surface area contributed by atoms with E-state index in [9.17, 15) is 14.9 Å². The van der Waals surface area contributed by atoms with E-state index in [1.54, 1.807) is 25.2 Å². The number of aromatic nitrogens is 4. The molecule has 0 spiro atoms. The summed E-state index contributed by atoms with van der Waals surface area (Å²) in [5, 5.41) is 25.5. The maximum atomic E-state index is 12.5. The molecule has 3 aromatic rings. The number of nitro groups is 1. The largest absolute Gasteiger partial charge is 0.454 e. The lowest BCUT2D eigenvalue weighted by Crippen LogP contribution is -2.12. The Morgan fingerprint density at radius 3 is 2.82 bits per heavy atom. The van der Waals surface area contributed by atoms with Gasteiger partial charge in [0, 0.05) is 30.4 Å². The van der Waals surface area contributed by atoms with E-state index in [1.807, 2.05) is 0 Å². The number of rotatable bonds is 5. The molecule has 2 aromatic carbocycles. The Labute approximate surface area is 161 Å². The maximum Gasteiger partial charge on any atom is 0.284 e. The third kappa shape index (κ3) is 3.44. The Balaban J connectivity index is 1.57. The number of benzene rings is 2. The minimum absolute atomic E-state index is 0.124. The van der Waals surface area contributed by atoms with Crippen LogP contribution < -0.4 is 14.8 Å². The molecule has 0 unspecified atom stereocenters. The van der Waals surface area contributed by atoms with Crippen LogP contribution in [-0.4, -0.2) is 37.8 Å². The SMILES string of the molecule is Cn1nnnc1Sc1ccc(C(=O)Nc2ccc3c(c2)OCO3)cc1[N+](=O)[O-]. The van der Waals surface area contributed by atoms with Gasteiger partial charge in [-0.3, -0.25) is 14.9 Å². The quantitative estimate of drug-likeness (QED) is 0.505. The molecule has 0 saturated heterocycles. The third-order valence-corrected chi connectivity index (χ3v) is 4.92. The number of ether oxygens (including phenoxy) is 2. The average molecular weight is 400 g/mol. The van der Waals surface area contributed by atoms with Crippen LogP contribution in [0, 0.1) is 10.1 Å². The molecule has 1 aliphatic rings. The van der Waals surface area contributed by atoms with E-state index in [1.165, 1.54) is 22.9 Å². The molecule has 4 rings (SSSR count). The predicted molar refractivity (Wildman–Crippen MR) is 96.5 cm³/mol. The van der Waals surface area contributed by atoms with Gasteiger partial charge in [-0.1, -0.05) is 0 Å². The number of fused-ring (bicyclic) bond motifs is 1. The van der Waals surface area contributed by atoms with Crippen molar-refractivity contribution in [1.82, 2.24) is 20.2 Å². The summed E-state index contributed by atoms with van der Waals surface area (Å²) < 4.78 is 11.9. The molecular formula is C16H12N6O5S. The van der Waals surface area contributed by atoms with Crippen LogP contribution in [0.4, 0.5) is 11.4 Å². The molecular weight excluding hydrogens is 388 g/mol. The van der Waals surface area contributed by atoms with E-state index < -0.39 is 10.8 Å². The van der Waals surface area contributed by atoms with Gasteiger partial charge in [-0.05, 0) is 46.5 Å². The van der Waals surface area contributed by atoms with Gasteiger partial charge in [-0.25, -0.2) is 4.68 Å². The van der Waals surface area contributed by atoms with Crippen LogP contribution in [0.5, 0.6) is 11.5 Å². The second-order valence-corrected chi connectivity index (χ2v) is 6.66. The van der Waals surface area contributed by atoms with Crippen molar-refractivity contribution in [2.75, 3.05) is 12.1 Å². The van der Waals surface area contributed by atoms with Gasteiger partial charge in [0.2, 0.25) is 11.9 Å². The number of hydrogen-bond acceptors (Lipinski definition) is 9. The third-order valence-electron chi connectivity index (χ3n) is 3.83. The lowest BCUT2D eigenvalue weighted by atomic mass is 10.2. The summed E-state index contributed by atoms with van der Waals surface area (Å²) in [5.74, 6) is 0.625. The number of nitrogens with zero attached hydrogens (tertiary/aromatic N) is 5. The van der Waals surface area contributed by atoms with Crippen molar-refractivity contribution in [2.24, 2.45) is 7.05 Å². The number of carbonyl (C=O) groups is 1. The van der Waals surface area contributed by atoms with Crippen LogP contribution in [0.25, 0.3) is 0 Å². The van der Waals surface area contributed by atoms with E-state index in [4.69, 9.17) is 9.47 Å². The molecule has 0 saturated carbocycles. The van der Waals surface area contributed by atoms with Gasteiger partial charge in [0.25, 0.3) is 11.6 Å².